The highest BCUT2D eigenvalue weighted by Gasteiger charge is 2.18. The van der Waals surface area contributed by atoms with Gasteiger partial charge in [-0.2, -0.15) is 0 Å². The summed E-state index contributed by atoms with van der Waals surface area (Å²) in [5.74, 6) is -1.14. The van der Waals surface area contributed by atoms with Crippen LogP contribution in [0.4, 0.5) is 0 Å². The van der Waals surface area contributed by atoms with E-state index in [1.165, 1.54) is 4.90 Å². The van der Waals surface area contributed by atoms with Crippen molar-refractivity contribution in [1.82, 2.24) is 9.80 Å². The van der Waals surface area contributed by atoms with Crippen molar-refractivity contribution in [3.63, 3.8) is 0 Å². The number of nitrogens with two attached hydrogens (primary N) is 1. The lowest BCUT2D eigenvalue weighted by atomic mass is 10.1. The molecule has 0 aromatic heterocycles. The summed E-state index contributed by atoms with van der Waals surface area (Å²) in [5, 5.41) is 8.47. The van der Waals surface area contributed by atoms with Gasteiger partial charge in [-0.05, 0) is 20.5 Å². The number of hydrogen-bond donors (Lipinski definition) is 2. The summed E-state index contributed by atoms with van der Waals surface area (Å²) in [6.45, 7) is 1.35. The van der Waals surface area contributed by atoms with Crippen LogP contribution in [-0.4, -0.2) is 67.1 Å². The molecule has 0 aliphatic rings. The third-order valence-corrected chi connectivity index (χ3v) is 2.25. The minimum atomic E-state index is -0.931. The van der Waals surface area contributed by atoms with E-state index in [1.54, 1.807) is 7.05 Å². The van der Waals surface area contributed by atoms with Gasteiger partial charge in [0.05, 0.1) is 6.04 Å². The van der Waals surface area contributed by atoms with Crippen LogP contribution in [-0.2, 0) is 9.59 Å². The monoisotopic (exact) mass is 231 g/mol. The second-order valence-electron chi connectivity index (χ2n) is 4.10. The summed E-state index contributed by atoms with van der Waals surface area (Å²) in [4.78, 5) is 25.5. The topological polar surface area (TPSA) is 86.9 Å². The summed E-state index contributed by atoms with van der Waals surface area (Å²) in [6, 6.07) is -0.719. The summed E-state index contributed by atoms with van der Waals surface area (Å²) in [5.41, 5.74) is 5.60. The normalized spacial score (nSPS) is 12.6. The van der Waals surface area contributed by atoms with E-state index in [1.807, 2.05) is 19.0 Å². The van der Waals surface area contributed by atoms with Crippen LogP contribution in [0, 0.1) is 0 Å². The van der Waals surface area contributed by atoms with Gasteiger partial charge in [-0.1, -0.05) is 0 Å². The predicted molar refractivity (Wildman–Crippen MR) is 61.0 cm³/mol. The van der Waals surface area contributed by atoms with Gasteiger partial charge in [0, 0.05) is 26.6 Å². The Hall–Kier alpha value is -1.14. The molecule has 6 nitrogen and oxygen atoms in total. The van der Waals surface area contributed by atoms with Crippen molar-refractivity contribution in [1.29, 1.82) is 0 Å². The van der Waals surface area contributed by atoms with Gasteiger partial charge in [-0.25, -0.2) is 0 Å². The molecule has 0 aliphatic heterocycles. The Labute approximate surface area is 96.0 Å². The van der Waals surface area contributed by atoms with Gasteiger partial charge in [0.2, 0.25) is 5.91 Å². The van der Waals surface area contributed by atoms with Crippen LogP contribution in [0.2, 0.25) is 0 Å². The fourth-order valence-electron chi connectivity index (χ4n) is 1.15. The molecule has 0 radical (unpaired) electrons. The quantitative estimate of drug-likeness (QED) is 0.599. The number of amides is 1. The van der Waals surface area contributed by atoms with E-state index in [-0.39, 0.29) is 18.7 Å². The standard InChI is InChI=1S/C10H21N3O3/c1-12(2)6-7-13(3)10(16)8(11)4-5-9(14)15/h8H,4-7,11H2,1-3H3,(H,14,15). The zero-order valence-electron chi connectivity index (χ0n) is 10.1. The summed E-state index contributed by atoms with van der Waals surface area (Å²) < 4.78 is 0. The number of aliphatic carboxylic acids is 1. The number of rotatable bonds is 7. The van der Waals surface area contributed by atoms with Crippen molar-refractivity contribution in [3.05, 3.63) is 0 Å². The second kappa shape index (κ2) is 7.19. The number of carboxylic acids is 1. The van der Waals surface area contributed by atoms with Crippen LogP contribution in [0.25, 0.3) is 0 Å². The highest BCUT2D eigenvalue weighted by atomic mass is 16.4. The molecule has 1 atom stereocenters. The maximum absolute atomic E-state index is 11.7. The lowest BCUT2D eigenvalue weighted by molar-refractivity contribution is -0.137. The van der Waals surface area contributed by atoms with Crippen LogP contribution in [0.15, 0.2) is 0 Å². The molecule has 0 spiro atoms. The third-order valence-electron chi connectivity index (χ3n) is 2.25. The van der Waals surface area contributed by atoms with Gasteiger partial charge in [0.1, 0.15) is 0 Å². The molecule has 6 heteroatoms. The van der Waals surface area contributed by atoms with Crippen LogP contribution in [0.3, 0.4) is 0 Å². The fourth-order valence-corrected chi connectivity index (χ4v) is 1.15. The Kier molecular flexibility index (Phi) is 6.67. The van der Waals surface area contributed by atoms with E-state index < -0.39 is 12.0 Å². The van der Waals surface area contributed by atoms with Crippen LogP contribution in [0.5, 0.6) is 0 Å². The Bertz CT molecular complexity index is 243. The number of carbonyl (C=O) groups excluding carboxylic acids is 1. The van der Waals surface area contributed by atoms with E-state index in [0.29, 0.717) is 6.54 Å². The lowest BCUT2D eigenvalue weighted by Gasteiger charge is -2.22. The molecule has 94 valence electrons. The van der Waals surface area contributed by atoms with Crippen LogP contribution < -0.4 is 5.73 Å². The summed E-state index contributed by atoms with van der Waals surface area (Å²) in [7, 11) is 5.51. The Morgan fingerprint density at radius 1 is 1.25 bits per heavy atom. The smallest absolute Gasteiger partial charge is 0.303 e. The van der Waals surface area contributed by atoms with Crippen LogP contribution >= 0.6 is 0 Å². The van der Waals surface area contributed by atoms with Gasteiger partial charge in [-0.3, -0.25) is 9.59 Å². The maximum Gasteiger partial charge on any atom is 0.303 e. The van der Waals surface area contributed by atoms with Crippen molar-refractivity contribution >= 4 is 11.9 Å². The van der Waals surface area contributed by atoms with Crippen molar-refractivity contribution in [2.75, 3.05) is 34.2 Å². The first kappa shape index (κ1) is 14.9. The molecule has 3 N–H and O–H groups in total. The van der Waals surface area contributed by atoms with E-state index in [9.17, 15) is 9.59 Å². The molecule has 1 amide bonds. The predicted octanol–water partition coefficient (Wildman–Crippen LogP) is -0.801. The lowest BCUT2D eigenvalue weighted by Crippen LogP contribution is -2.44. The van der Waals surface area contributed by atoms with Gasteiger partial charge in [0.25, 0.3) is 0 Å². The molecule has 0 fully saturated rings. The molecule has 0 rings (SSSR count). The average Bonchev–Trinajstić information content (AvgIpc) is 2.21. The minimum absolute atomic E-state index is 0.0750. The molecule has 0 aromatic carbocycles. The van der Waals surface area contributed by atoms with E-state index >= 15 is 0 Å². The first-order chi connectivity index (χ1) is 7.34. The molecular formula is C10H21N3O3. The summed E-state index contributed by atoms with van der Waals surface area (Å²) in [6.07, 6.45) is 0.106. The first-order valence-electron chi connectivity index (χ1n) is 5.21. The number of hydrogen-bond acceptors (Lipinski definition) is 4. The van der Waals surface area contributed by atoms with Gasteiger partial charge in [0.15, 0.2) is 0 Å². The number of nitrogens with zero attached hydrogens (tertiary/aromatic N) is 2. The van der Waals surface area contributed by atoms with Crippen molar-refractivity contribution in [2.45, 2.75) is 18.9 Å². The third kappa shape index (κ3) is 6.36. The Morgan fingerprint density at radius 2 is 1.81 bits per heavy atom. The van der Waals surface area contributed by atoms with E-state index in [2.05, 4.69) is 0 Å². The zero-order valence-corrected chi connectivity index (χ0v) is 10.1. The minimum Gasteiger partial charge on any atom is -0.481 e. The largest absolute Gasteiger partial charge is 0.481 e. The first-order valence-corrected chi connectivity index (χ1v) is 5.21. The highest BCUT2D eigenvalue weighted by molar-refractivity contribution is 5.82. The SMILES string of the molecule is CN(C)CCN(C)C(=O)C(N)CCC(=O)O. The van der Waals surface area contributed by atoms with Crippen molar-refractivity contribution in [2.24, 2.45) is 5.73 Å². The molecule has 0 saturated heterocycles. The molecule has 0 bridgehead atoms. The zero-order chi connectivity index (χ0) is 12.7. The van der Waals surface area contributed by atoms with Crippen LogP contribution in [0.1, 0.15) is 12.8 Å². The number of carboxylic acid groups (broad SMARTS) is 1. The number of likely N-dealkylation sites (N-methyl/N-ethyl adjacent to an activating group) is 2. The molecule has 16 heavy (non-hydrogen) atoms. The molecule has 0 saturated carbocycles. The molecule has 0 aliphatic carbocycles. The number of carbonyl (C=O) groups is 2. The maximum atomic E-state index is 11.7. The summed E-state index contributed by atoms with van der Waals surface area (Å²) >= 11 is 0. The van der Waals surface area contributed by atoms with Gasteiger partial charge in [-0.15, -0.1) is 0 Å². The molecule has 1 unspecified atom stereocenters. The Morgan fingerprint density at radius 3 is 2.25 bits per heavy atom. The van der Waals surface area contributed by atoms with Gasteiger partial charge >= 0.3 is 5.97 Å². The van der Waals surface area contributed by atoms with E-state index in [0.717, 1.165) is 6.54 Å². The highest BCUT2D eigenvalue weighted by Crippen LogP contribution is 1.99. The molecular weight excluding hydrogens is 210 g/mol. The second-order valence-corrected chi connectivity index (χ2v) is 4.10. The molecule has 0 aromatic rings. The van der Waals surface area contributed by atoms with Crippen molar-refractivity contribution in [3.8, 4) is 0 Å². The fraction of sp³-hybridized carbons (Fsp3) is 0.800. The Balaban J connectivity index is 3.96. The van der Waals surface area contributed by atoms with Gasteiger partial charge < -0.3 is 20.6 Å². The molecule has 0 heterocycles. The average molecular weight is 231 g/mol. The van der Waals surface area contributed by atoms with E-state index in [4.69, 9.17) is 10.8 Å². The van der Waals surface area contributed by atoms with Crippen molar-refractivity contribution < 1.29 is 14.7 Å².